The molecule has 0 spiro atoms. The fourth-order valence-corrected chi connectivity index (χ4v) is 2.21. The van der Waals surface area contributed by atoms with Gasteiger partial charge in [-0.15, -0.1) is 0 Å². The van der Waals surface area contributed by atoms with Gasteiger partial charge in [0.2, 0.25) is 0 Å². The van der Waals surface area contributed by atoms with Crippen LogP contribution in [0, 0.1) is 0 Å². The van der Waals surface area contributed by atoms with E-state index in [1.165, 1.54) is 12.1 Å². The predicted molar refractivity (Wildman–Crippen MR) is 78.5 cm³/mol. The molecule has 2 aromatic rings. The molecule has 0 saturated carbocycles. The molecular weight excluding hydrogens is 291 g/mol. The molecule has 1 unspecified atom stereocenters. The van der Waals surface area contributed by atoms with Gasteiger partial charge in [0.05, 0.1) is 17.4 Å². The summed E-state index contributed by atoms with van der Waals surface area (Å²) < 4.78 is 43.5. The molecule has 1 aromatic carbocycles. The standard InChI is InChI=1S/C17H18F3NO/c1-3-22-12(2)16-8-7-14(11-21-16)9-13-5-4-6-15(10-13)17(18,19)20/h4-8,10-12H,3,9H2,1-2H3. The monoisotopic (exact) mass is 309 g/mol. The van der Waals surface area contributed by atoms with Crippen molar-refractivity contribution in [3.63, 3.8) is 0 Å². The third-order valence-electron chi connectivity index (χ3n) is 3.34. The quantitative estimate of drug-likeness (QED) is 0.792. The molecule has 0 aliphatic heterocycles. The van der Waals surface area contributed by atoms with Crippen LogP contribution in [0.1, 0.15) is 42.3 Å². The van der Waals surface area contributed by atoms with E-state index >= 15 is 0 Å². The van der Waals surface area contributed by atoms with Gasteiger partial charge in [0, 0.05) is 12.8 Å². The molecule has 2 rings (SSSR count). The average molecular weight is 309 g/mol. The second-order valence-corrected chi connectivity index (χ2v) is 5.06. The molecule has 1 heterocycles. The van der Waals surface area contributed by atoms with Gasteiger partial charge in [0.1, 0.15) is 0 Å². The summed E-state index contributed by atoms with van der Waals surface area (Å²) in [5.74, 6) is 0. The highest BCUT2D eigenvalue weighted by Crippen LogP contribution is 2.30. The van der Waals surface area contributed by atoms with Crippen molar-refractivity contribution in [2.75, 3.05) is 6.61 Å². The Morgan fingerprint density at radius 1 is 1.14 bits per heavy atom. The van der Waals surface area contributed by atoms with Gasteiger partial charge >= 0.3 is 6.18 Å². The van der Waals surface area contributed by atoms with E-state index in [1.807, 2.05) is 26.0 Å². The van der Waals surface area contributed by atoms with E-state index in [9.17, 15) is 13.2 Å². The molecule has 0 fully saturated rings. The van der Waals surface area contributed by atoms with Crippen molar-refractivity contribution in [3.8, 4) is 0 Å². The van der Waals surface area contributed by atoms with Crippen LogP contribution in [0.25, 0.3) is 0 Å². The first-order valence-corrected chi connectivity index (χ1v) is 7.12. The topological polar surface area (TPSA) is 22.1 Å². The van der Waals surface area contributed by atoms with Crippen LogP contribution >= 0.6 is 0 Å². The van der Waals surface area contributed by atoms with Crippen molar-refractivity contribution in [2.45, 2.75) is 32.5 Å². The van der Waals surface area contributed by atoms with E-state index in [2.05, 4.69) is 4.98 Å². The van der Waals surface area contributed by atoms with Gasteiger partial charge in [-0.25, -0.2) is 0 Å². The third-order valence-corrected chi connectivity index (χ3v) is 3.34. The molecule has 22 heavy (non-hydrogen) atoms. The Morgan fingerprint density at radius 3 is 2.50 bits per heavy atom. The van der Waals surface area contributed by atoms with Crippen molar-refractivity contribution in [1.82, 2.24) is 4.98 Å². The minimum atomic E-state index is -4.31. The lowest BCUT2D eigenvalue weighted by atomic mass is 10.0. The van der Waals surface area contributed by atoms with Crippen LogP contribution in [-0.4, -0.2) is 11.6 Å². The number of rotatable bonds is 5. The van der Waals surface area contributed by atoms with E-state index in [-0.39, 0.29) is 6.10 Å². The number of pyridine rings is 1. The Hall–Kier alpha value is -1.88. The van der Waals surface area contributed by atoms with E-state index in [1.54, 1.807) is 12.3 Å². The Labute approximate surface area is 128 Å². The zero-order chi connectivity index (χ0) is 16.2. The summed E-state index contributed by atoms with van der Waals surface area (Å²) in [6, 6.07) is 9.09. The minimum Gasteiger partial charge on any atom is -0.373 e. The van der Waals surface area contributed by atoms with Gasteiger partial charge in [-0.1, -0.05) is 24.3 Å². The zero-order valence-electron chi connectivity index (χ0n) is 12.5. The summed E-state index contributed by atoms with van der Waals surface area (Å²) in [5, 5.41) is 0. The van der Waals surface area contributed by atoms with E-state index in [0.717, 1.165) is 17.3 Å². The first-order valence-electron chi connectivity index (χ1n) is 7.12. The summed E-state index contributed by atoms with van der Waals surface area (Å²) >= 11 is 0. The first-order chi connectivity index (χ1) is 10.4. The molecule has 0 N–H and O–H groups in total. The summed E-state index contributed by atoms with van der Waals surface area (Å²) in [5.41, 5.74) is 1.67. The van der Waals surface area contributed by atoms with Crippen LogP contribution < -0.4 is 0 Å². The van der Waals surface area contributed by atoms with Crippen LogP contribution in [0.5, 0.6) is 0 Å². The van der Waals surface area contributed by atoms with Crippen molar-refractivity contribution in [3.05, 3.63) is 65.0 Å². The van der Waals surface area contributed by atoms with Crippen molar-refractivity contribution in [1.29, 1.82) is 0 Å². The van der Waals surface area contributed by atoms with Gasteiger partial charge in [-0.3, -0.25) is 4.98 Å². The fourth-order valence-electron chi connectivity index (χ4n) is 2.21. The second-order valence-electron chi connectivity index (χ2n) is 5.06. The van der Waals surface area contributed by atoms with Gasteiger partial charge in [-0.2, -0.15) is 13.2 Å². The van der Waals surface area contributed by atoms with Crippen molar-refractivity contribution < 1.29 is 17.9 Å². The molecule has 1 atom stereocenters. The van der Waals surface area contributed by atoms with Crippen molar-refractivity contribution in [2.24, 2.45) is 0 Å². The minimum absolute atomic E-state index is 0.0902. The highest BCUT2D eigenvalue weighted by molar-refractivity contribution is 5.30. The third kappa shape index (κ3) is 4.31. The zero-order valence-corrected chi connectivity index (χ0v) is 12.5. The van der Waals surface area contributed by atoms with E-state index in [4.69, 9.17) is 4.74 Å². The SMILES string of the molecule is CCOC(C)c1ccc(Cc2cccc(C(F)(F)F)c2)cn1. The molecule has 0 aliphatic rings. The molecule has 118 valence electrons. The average Bonchev–Trinajstić information content (AvgIpc) is 2.48. The number of ether oxygens (including phenoxy) is 1. The van der Waals surface area contributed by atoms with Crippen LogP contribution in [0.15, 0.2) is 42.6 Å². The van der Waals surface area contributed by atoms with E-state index < -0.39 is 11.7 Å². The number of nitrogens with zero attached hydrogens (tertiary/aromatic N) is 1. The van der Waals surface area contributed by atoms with Gasteiger partial charge in [0.15, 0.2) is 0 Å². The number of benzene rings is 1. The second kappa shape index (κ2) is 6.92. The molecule has 0 aliphatic carbocycles. The number of halogens is 3. The Balaban J connectivity index is 2.11. The van der Waals surface area contributed by atoms with Crippen LogP contribution in [0.2, 0.25) is 0 Å². The molecule has 1 aromatic heterocycles. The van der Waals surface area contributed by atoms with Gasteiger partial charge in [-0.05, 0) is 43.5 Å². The lowest BCUT2D eigenvalue weighted by Gasteiger charge is -2.12. The lowest BCUT2D eigenvalue weighted by Crippen LogP contribution is -2.05. The highest BCUT2D eigenvalue weighted by atomic mass is 19.4. The lowest BCUT2D eigenvalue weighted by molar-refractivity contribution is -0.137. The van der Waals surface area contributed by atoms with Crippen LogP contribution in [0.3, 0.4) is 0 Å². The Kier molecular flexibility index (Phi) is 5.19. The van der Waals surface area contributed by atoms with E-state index in [0.29, 0.717) is 18.6 Å². The van der Waals surface area contributed by atoms with Crippen LogP contribution in [0.4, 0.5) is 13.2 Å². The molecule has 0 saturated heterocycles. The predicted octanol–water partition coefficient (Wildman–Crippen LogP) is 4.79. The molecule has 0 amide bonds. The van der Waals surface area contributed by atoms with Gasteiger partial charge in [0.25, 0.3) is 0 Å². The number of hydrogen-bond acceptors (Lipinski definition) is 2. The number of aromatic nitrogens is 1. The molecule has 0 radical (unpaired) electrons. The summed E-state index contributed by atoms with van der Waals surface area (Å²) in [6.45, 7) is 4.44. The largest absolute Gasteiger partial charge is 0.416 e. The Bertz CT molecular complexity index is 608. The van der Waals surface area contributed by atoms with Crippen molar-refractivity contribution >= 4 is 0 Å². The molecule has 2 nitrogen and oxygen atoms in total. The summed E-state index contributed by atoms with van der Waals surface area (Å²) in [4.78, 5) is 4.32. The van der Waals surface area contributed by atoms with Gasteiger partial charge < -0.3 is 4.74 Å². The first kappa shape index (κ1) is 16.5. The molecular formula is C17H18F3NO. The molecule has 5 heteroatoms. The summed E-state index contributed by atoms with van der Waals surface area (Å²) in [7, 11) is 0. The molecule has 0 bridgehead atoms. The van der Waals surface area contributed by atoms with Crippen LogP contribution in [-0.2, 0) is 17.3 Å². The maximum atomic E-state index is 12.7. The Morgan fingerprint density at radius 2 is 1.91 bits per heavy atom. The smallest absolute Gasteiger partial charge is 0.373 e. The number of alkyl halides is 3. The maximum Gasteiger partial charge on any atom is 0.416 e. The fraction of sp³-hybridized carbons (Fsp3) is 0.353. The number of hydrogen-bond donors (Lipinski definition) is 0. The maximum absolute atomic E-state index is 12.7. The summed E-state index contributed by atoms with van der Waals surface area (Å²) in [6.07, 6.45) is -2.30. The normalized spacial score (nSPS) is 13.1. The highest BCUT2D eigenvalue weighted by Gasteiger charge is 2.30.